The van der Waals surface area contributed by atoms with Crippen molar-refractivity contribution >= 4 is 17.4 Å². The molecule has 2 heterocycles. The Morgan fingerprint density at radius 2 is 2.29 bits per heavy atom. The van der Waals surface area contributed by atoms with Crippen LogP contribution in [0.5, 0.6) is 5.75 Å². The highest BCUT2D eigenvalue weighted by atomic mass is 16.6. The topological polar surface area (TPSA) is 109 Å². The number of amides is 1. The summed E-state index contributed by atoms with van der Waals surface area (Å²) >= 11 is 0. The number of carbonyl (C=O) groups excluding carboxylic acids is 1. The van der Waals surface area contributed by atoms with Crippen LogP contribution in [0, 0.1) is 24.0 Å². The minimum absolute atomic E-state index is 0.0871. The van der Waals surface area contributed by atoms with Gasteiger partial charge in [-0.2, -0.15) is 0 Å². The first-order valence-corrected chi connectivity index (χ1v) is 9.25. The van der Waals surface area contributed by atoms with Crippen molar-refractivity contribution in [3.63, 3.8) is 0 Å². The molecular weight excluding hydrogens is 364 g/mol. The molecule has 1 aliphatic heterocycles. The molecular formula is C19H24N4O5. The van der Waals surface area contributed by atoms with Crippen LogP contribution in [0.15, 0.2) is 24.4 Å². The predicted octanol–water partition coefficient (Wildman–Crippen LogP) is 2.99. The van der Waals surface area contributed by atoms with Crippen LogP contribution in [0.25, 0.3) is 0 Å². The fourth-order valence-electron chi connectivity index (χ4n) is 3.05. The van der Waals surface area contributed by atoms with Crippen molar-refractivity contribution in [2.24, 2.45) is 0 Å². The molecule has 3 rings (SSSR count). The molecule has 0 bridgehead atoms. The van der Waals surface area contributed by atoms with E-state index in [4.69, 9.17) is 9.47 Å². The highest BCUT2D eigenvalue weighted by Gasteiger charge is 2.18. The van der Waals surface area contributed by atoms with Gasteiger partial charge in [0.2, 0.25) is 11.7 Å². The molecule has 1 aliphatic rings. The van der Waals surface area contributed by atoms with E-state index in [2.05, 4.69) is 10.3 Å². The van der Waals surface area contributed by atoms with Gasteiger partial charge in [0, 0.05) is 26.5 Å². The maximum absolute atomic E-state index is 12.4. The average Bonchev–Trinajstić information content (AvgIpc) is 3.30. The maximum atomic E-state index is 12.4. The highest BCUT2D eigenvalue weighted by molar-refractivity contribution is 5.92. The third-order valence-electron chi connectivity index (χ3n) is 4.59. The molecule has 1 amide bonds. The van der Waals surface area contributed by atoms with Crippen molar-refractivity contribution < 1.29 is 19.2 Å². The van der Waals surface area contributed by atoms with Crippen LogP contribution in [0.3, 0.4) is 0 Å². The summed E-state index contributed by atoms with van der Waals surface area (Å²) in [6, 6.07) is 5.59. The van der Waals surface area contributed by atoms with E-state index < -0.39 is 4.92 Å². The lowest BCUT2D eigenvalue weighted by Crippen LogP contribution is -2.19. The number of aryl methyl sites for hydroxylation is 3. The van der Waals surface area contributed by atoms with E-state index in [1.165, 1.54) is 6.20 Å². The molecule has 0 radical (unpaired) electrons. The normalized spacial score (nSPS) is 16.1. The molecule has 0 saturated carbocycles. The SMILES string of the molecule is Cc1ccc(NC(=O)CCn2cc([N+](=O)[O-])nc2C)c(OCC2CCCO2)c1. The number of benzene rings is 1. The molecule has 0 aliphatic carbocycles. The van der Waals surface area contributed by atoms with Crippen LogP contribution in [0.2, 0.25) is 0 Å². The zero-order valence-electron chi connectivity index (χ0n) is 16.0. The van der Waals surface area contributed by atoms with E-state index in [-0.39, 0.29) is 24.2 Å². The summed E-state index contributed by atoms with van der Waals surface area (Å²) in [5, 5.41) is 13.7. The fraction of sp³-hybridized carbons (Fsp3) is 0.474. The maximum Gasteiger partial charge on any atom is 0.381 e. The van der Waals surface area contributed by atoms with Crippen LogP contribution in [-0.2, 0) is 16.1 Å². The molecule has 9 nitrogen and oxygen atoms in total. The zero-order valence-corrected chi connectivity index (χ0v) is 16.0. The molecule has 0 spiro atoms. The van der Waals surface area contributed by atoms with E-state index >= 15 is 0 Å². The fourth-order valence-corrected chi connectivity index (χ4v) is 3.05. The van der Waals surface area contributed by atoms with Gasteiger partial charge in [0.1, 0.15) is 18.6 Å². The van der Waals surface area contributed by atoms with Crippen molar-refractivity contribution in [1.29, 1.82) is 0 Å². The van der Waals surface area contributed by atoms with Gasteiger partial charge in [-0.25, -0.2) is 0 Å². The summed E-state index contributed by atoms with van der Waals surface area (Å²) in [5.74, 6) is 0.677. The van der Waals surface area contributed by atoms with E-state index in [9.17, 15) is 14.9 Å². The Morgan fingerprint density at radius 1 is 1.46 bits per heavy atom. The zero-order chi connectivity index (χ0) is 20.1. The monoisotopic (exact) mass is 388 g/mol. The number of hydrogen-bond donors (Lipinski definition) is 1. The first kappa shape index (κ1) is 19.8. The van der Waals surface area contributed by atoms with Crippen LogP contribution < -0.4 is 10.1 Å². The number of nitrogens with zero attached hydrogens (tertiary/aromatic N) is 3. The summed E-state index contributed by atoms with van der Waals surface area (Å²) < 4.78 is 13.1. The highest BCUT2D eigenvalue weighted by Crippen LogP contribution is 2.27. The van der Waals surface area contributed by atoms with E-state index in [0.29, 0.717) is 30.4 Å². The summed E-state index contributed by atoms with van der Waals surface area (Å²) in [6.07, 6.45) is 3.60. The summed E-state index contributed by atoms with van der Waals surface area (Å²) in [4.78, 5) is 26.5. The second kappa shape index (κ2) is 8.83. The molecule has 1 atom stereocenters. The van der Waals surface area contributed by atoms with Crippen LogP contribution in [-0.4, -0.2) is 39.7 Å². The quantitative estimate of drug-likeness (QED) is 0.550. The third-order valence-corrected chi connectivity index (χ3v) is 4.59. The smallest absolute Gasteiger partial charge is 0.381 e. The van der Waals surface area contributed by atoms with Gasteiger partial charge >= 0.3 is 5.82 Å². The first-order valence-electron chi connectivity index (χ1n) is 9.25. The van der Waals surface area contributed by atoms with Gasteiger partial charge in [-0.15, -0.1) is 0 Å². The van der Waals surface area contributed by atoms with E-state index in [1.807, 2.05) is 25.1 Å². The Balaban J connectivity index is 1.59. The number of rotatable bonds is 8. The largest absolute Gasteiger partial charge is 0.489 e. The van der Waals surface area contributed by atoms with Gasteiger partial charge in [-0.05, 0) is 47.4 Å². The molecule has 150 valence electrons. The van der Waals surface area contributed by atoms with Crippen LogP contribution >= 0.6 is 0 Å². The summed E-state index contributed by atoms with van der Waals surface area (Å²) in [6.45, 7) is 5.14. The average molecular weight is 388 g/mol. The molecule has 1 unspecified atom stereocenters. The van der Waals surface area contributed by atoms with Gasteiger partial charge in [-0.1, -0.05) is 6.07 Å². The Labute approximate surface area is 162 Å². The lowest BCUT2D eigenvalue weighted by molar-refractivity contribution is -0.389. The van der Waals surface area contributed by atoms with Crippen molar-refractivity contribution in [3.05, 3.63) is 45.9 Å². The number of anilines is 1. The Hall–Kier alpha value is -2.94. The molecule has 1 aromatic heterocycles. The first-order chi connectivity index (χ1) is 13.4. The molecule has 1 fully saturated rings. The number of carbonyl (C=O) groups is 1. The van der Waals surface area contributed by atoms with Gasteiger partial charge < -0.3 is 29.5 Å². The number of nitro groups is 1. The van der Waals surface area contributed by atoms with Gasteiger partial charge in [0.15, 0.2) is 0 Å². The van der Waals surface area contributed by atoms with Gasteiger partial charge in [-0.3, -0.25) is 4.79 Å². The number of hydrogen-bond acceptors (Lipinski definition) is 6. The van der Waals surface area contributed by atoms with Crippen molar-refractivity contribution in [3.8, 4) is 5.75 Å². The van der Waals surface area contributed by atoms with E-state index in [0.717, 1.165) is 25.0 Å². The van der Waals surface area contributed by atoms with Crippen LogP contribution in [0.4, 0.5) is 11.5 Å². The number of nitrogens with one attached hydrogen (secondary N) is 1. The molecule has 28 heavy (non-hydrogen) atoms. The molecule has 2 aromatic rings. The summed E-state index contributed by atoms with van der Waals surface area (Å²) in [7, 11) is 0. The second-order valence-corrected chi connectivity index (χ2v) is 6.84. The predicted molar refractivity (Wildman–Crippen MR) is 103 cm³/mol. The minimum Gasteiger partial charge on any atom is -0.489 e. The molecule has 9 heteroatoms. The lowest BCUT2D eigenvalue weighted by atomic mass is 10.2. The Morgan fingerprint density at radius 3 is 2.96 bits per heavy atom. The van der Waals surface area contributed by atoms with Gasteiger partial charge in [0.05, 0.1) is 11.8 Å². The van der Waals surface area contributed by atoms with E-state index in [1.54, 1.807) is 11.5 Å². The standard InChI is InChI=1S/C19H24N4O5/c1-13-5-6-16(17(10-13)28-12-15-4-3-9-27-15)21-19(24)7-8-22-11-18(23(25)26)20-14(22)2/h5-6,10-11,15H,3-4,7-9,12H2,1-2H3,(H,21,24). The minimum atomic E-state index is -0.548. The number of ether oxygens (including phenoxy) is 2. The number of imidazole rings is 1. The van der Waals surface area contributed by atoms with Gasteiger partial charge in [0.25, 0.3) is 0 Å². The Bertz CT molecular complexity index is 858. The third kappa shape index (κ3) is 5.07. The van der Waals surface area contributed by atoms with Crippen molar-refractivity contribution in [2.75, 3.05) is 18.5 Å². The molecule has 1 saturated heterocycles. The molecule has 1 aromatic carbocycles. The van der Waals surface area contributed by atoms with Crippen molar-refractivity contribution in [1.82, 2.24) is 9.55 Å². The number of aromatic nitrogens is 2. The summed E-state index contributed by atoms with van der Waals surface area (Å²) in [5.41, 5.74) is 1.63. The molecule has 1 N–H and O–H groups in total. The Kier molecular flexibility index (Phi) is 6.25. The van der Waals surface area contributed by atoms with Crippen LogP contribution in [0.1, 0.15) is 30.7 Å². The lowest BCUT2D eigenvalue weighted by Gasteiger charge is -2.16. The van der Waals surface area contributed by atoms with Crippen molar-refractivity contribution in [2.45, 2.75) is 45.8 Å². The second-order valence-electron chi connectivity index (χ2n) is 6.84.